The zero-order valence-corrected chi connectivity index (χ0v) is 12.5. The Morgan fingerprint density at radius 2 is 1.83 bits per heavy atom. The summed E-state index contributed by atoms with van der Waals surface area (Å²) in [4.78, 5) is 0. The smallest absolute Gasteiger partial charge is 0.0410 e. The molecule has 0 aromatic heterocycles. The third kappa shape index (κ3) is 3.35. The molecule has 0 bridgehead atoms. The van der Waals surface area contributed by atoms with Crippen LogP contribution in [0.4, 0.5) is 0 Å². The predicted molar refractivity (Wildman–Crippen MR) is 81.0 cm³/mol. The zero-order valence-electron chi connectivity index (χ0n) is 10.2. The average molecular weight is 325 g/mol. The highest BCUT2D eigenvalue weighted by Gasteiger charge is 2.11. The van der Waals surface area contributed by atoms with E-state index in [4.69, 9.17) is 17.3 Å². The van der Waals surface area contributed by atoms with E-state index in [9.17, 15) is 0 Å². The highest BCUT2D eigenvalue weighted by Crippen LogP contribution is 2.27. The zero-order chi connectivity index (χ0) is 13.1. The van der Waals surface area contributed by atoms with Gasteiger partial charge >= 0.3 is 0 Å². The molecule has 0 fully saturated rings. The van der Waals surface area contributed by atoms with Crippen molar-refractivity contribution in [2.45, 2.75) is 19.4 Å². The molecule has 94 valence electrons. The first-order valence-corrected chi connectivity index (χ1v) is 6.99. The maximum atomic E-state index is 6.25. The third-order valence-corrected chi connectivity index (χ3v) is 3.89. The number of benzene rings is 2. The molecule has 0 aliphatic rings. The van der Waals surface area contributed by atoms with E-state index in [1.807, 2.05) is 18.2 Å². The van der Waals surface area contributed by atoms with E-state index in [-0.39, 0.29) is 6.04 Å². The summed E-state index contributed by atoms with van der Waals surface area (Å²) in [6.45, 7) is 2.08. The van der Waals surface area contributed by atoms with Crippen LogP contribution < -0.4 is 5.73 Å². The summed E-state index contributed by atoms with van der Waals surface area (Å²) < 4.78 is 1.01. The standard InChI is InChI=1S/C15H15BrClN/c1-10-2-4-11(5-3-10)8-15(18)13-9-12(17)6-7-14(13)16/h2-7,9,15H,8,18H2,1H3. The number of hydrogen-bond acceptors (Lipinski definition) is 1. The lowest BCUT2D eigenvalue weighted by Crippen LogP contribution is -2.14. The van der Waals surface area contributed by atoms with Gasteiger partial charge < -0.3 is 5.73 Å². The average Bonchev–Trinajstić information content (AvgIpc) is 2.35. The molecule has 3 heteroatoms. The maximum absolute atomic E-state index is 6.25. The van der Waals surface area contributed by atoms with Crippen LogP contribution in [0.2, 0.25) is 5.02 Å². The van der Waals surface area contributed by atoms with Gasteiger partial charge in [-0.25, -0.2) is 0 Å². The highest BCUT2D eigenvalue weighted by molar-refractivity contribution is 9.10. The molecular weight excluding hydrogens is 310 g/mol. The van der Waals surface area contributed by atoms with Crippen molar-refractivity contribution in [1.29, 1.82) is 0 Å². The molecule has 1 unspecified atom stereocenters. The molecule has 1 nitrogen and oxygen atoms in total. The quantitative estimate of drug-likeness (QED) is 0.873. The van der Waals surface area contributed by atoms with Gasteiger partial charge in [-0.15, -0.1) is 0 Å². The molecule has 2 aromatic rings. The lowest BCUT2D eigenvalue weighted by molar-refractivity contribution is 0.718. The number of rotatable bonds is 3. The molecule has 2 N–H and O–H groups in total. The molecule has 18 heavy (non-hydrogen) atoms. The maximum Gasteiger partial charge on any atom is 0.0410 e. The Morgan fingerprint density at radius 3 is 2.50 bits per heavy atom. The molecule has 0 saturated carbocycles. The van der Waals surface area contributed by atoms with Gasteiger partial charge in [0.25, 0.3) is 0 Å². The minimum atomic E-state index is -0.0548. The Hall–Kier alpha value is -0.830. The van der Waals surface area contributed by atoms with Crippen LogP contribution in [0.3, 0.4) is 0 Å². The van der Waals surface area contributed by atoms with Gasteiger partial charge in [-0.3, -0.25) is 0 Å². The first kappa shape index (κ1) is 13.6. The van der Waals surface area contributed by atoms with Gasteiger partial charge in [0.1, 0.15) is 0 Å². The molecule has 0 radical (unpaired) electrons. The molecule has 0 heterocycles. The Balaban J connectivity index is 2.18. The Bertz CT molecular complexity index is 537. The number of nitrogens with two attached hydrogens (primary N) is 1. The highest BCUT2D eigenvalue weighted by atomic mass is 79.9. The van der Waals surface area contributed by atoms with Gasteiger partial charge in [-0.1, -0.05) is 57.4 Å². The first-order chi connectivity index (χ1) is 8.56. The van der Waals surface area contributed by atoms with Gasteiger partial charge in [-0.2, -0.15) is 0 Å². The van der Waals surface area contributed by atoms with E-state index < -0.39 is 0 Å². The molecule has 0 aliphatic heterocycles. The van der Waals surface area contributed by atoms with Crippen LogP contribution in [0, 0.1) is 6.92 Å². The van der Waals surface area contributed by atoms with Gasteiger partial charge in [0.15, 0.2) is 0 Å². The van der Waals surface area contributed by atoms with E-state index >= 15 is 0 Å². The summed E-state index contributed by atoms with van der Waals surface area (Å²) >= 11 is 9.53. The summed E-state index contributed by atoms with van der Waals surface area (Å²) in [6.07, 6.45) is 0.805. The number of aryl methyl sites for hydroxylation is 1. The van der Waals surface area contributed by atoms with Gasteiger partial charge in [0.05, 0.1) is 0 Å². The third-order valence-electron chi connectivity index (χ3n) is 2.93. The van der Waals surface area contributed by atoms with Crippen LogP contribution in [-0.4, -0.2) is 0 Å². The summed E-state index contributed by atoms with van der Waals surface area (Å²) in [7, 11) is 0. The molecular formula is C15H15BrClN. The predicted octanol–water partition coefficient (Wildman–Crippen LogP) is 4.65. The summed E-state index contributed by atoms with van der Waals surface area (Å²) in [6, 6.07) is 14.1. The molecule has 0 aliphatic carbocycles. The van der Waals surface area contributed by atoms with Crippen molar-refractivity contribution in [3.63, 3.8) is 0 Å². The van der Waals surface area contributed by atoms with E-state index in [1.165, 1.54) is 11.1 Å². The van der Waals surface area contributed by atoms with E-state index in [1.54, 1.807) is 0 Å². The lowest BCUT2D eigenvalue weighted by Gasteiger charge is -2.14. The normalized spacial score (nSPS) is 12.4. The minimum Gasteiger partial charge on any atom is -0.324 e. The largest absolute Gasteiger partial charge is 0.324 e. The fourth-order valence-electron chi connectivity index (χ4n) is 1.89. The number of hydrogen-bond donors (Lipinski definition) is 1. The second kappa shape index (κ2) is 5.87. The van der Waals surface area contributed by atoms with Crippen molar-refractivity contribution in [2.24, 2.45) is 5.73 Å². The van der Waals surface area contributed by atoms with Crippen molar-refractivity contribution in [1.82, 2.24) is 0 Å². The summed E-state index contributed by atoms with van der Waals surface area (Å²) in [5.41, 5.74) is 9.79. The van der Waals surface area contributed by atoms with Crippen LogP contribution in [0.1, 0.15) is 22.7 Å². The SMILES string of the molecule is Cc1ccc(CC(N)c2cc(Cl)ccc2Br)cc1. The van der Waals surface area contributed by atoms with E-state index in [0.29, 0.717) is 5.02 Å². The fraction of sp³-hybridized carbons (Fsp3) is 0.200. The van der Waals surface area contributed by atoms with Crippen LogP contribution >= 0.6 is 27.5 Å². The Labute approximate surface area is 121 Å². The molecule has 0 amide bonds. The molecule has 2 aromatic carbocycles. The van der Waals surface area contributed by atoms with Crippen molar-refractivity contribution in [3.05, 3.63) is 68.7 Å². The summed E-state index contributed by atoms with van der Waals surface area (Å²) in [5, 5.41) is 0.715. The van der Waals surface area contributed by atoms with Crippen molar-refractivity contribution < 1.29 is 0 Å². The molecule has 2 rings (SSSR count). The molecule has 0 spiro atoms. The fourth-order valence-corrected chi connectivity index (χ4v) is 2.61. The van der Waals surface area contributed by atoms with Crippen molar-refractivity contribution in [2.75, 3.05) is 0 Å². The van der Waals surface area contributed by atoms with E-state index in [0.717, 1.165) is 16.5 Å². The topological polar surface area (TPSA) is 26.0 Å². The van der Waals surface area contributed by atoms with Crippen LogP contribution in [0.5, 0.6) is 0 Å². The number of halogens is 2. The first-order valence-electron chi connectivity index (χ1n) is 5.82. The van der Waals surface area contributed by atoms with Gasteiger partial charge in [0, 0.05) is 15.5 Å². The van der Waals surface area contributed by atoms with Gasteiger partial charge in [-0.05, 0) is 42.7 Å². The second-order valence-corrected chi connectivity index (χ2v) is 5.75. The monoisotopic (exact) mass is 323 g/mol. The molecule has 1 atom stereocenters. The van der Waals surface area contributed by atoms with Crippen LogP contribution in [0.25, 0.3) is 0 Å². The summed E-state index contributed by atoms with van der Waals surface area (Å²) in [5.74, 6) is 0. The lowest BCUT2D eigenvalue weighted by atomic mass is 9.99. The van der Waals surface area contributed by atoms with Crippen LogP contribution in [0.15, 0.2) is 46.9 Å². The minimum absolute atomic E-state index is 0.0548. The second-order valence-electron chi connectivity index (χ2n) is 4.46. The van der Waals surface area contributed by atoms with Crippen LogP contribution in [-0.2, 0) is 6.42 Å². The van der Waals surface area contributed by atoms with Crippen molar-refractivity contribution >= 4 is 27.5 Å². The van der Waals surface area contributed by atoms with Crippen molar-refractivity contribution in [3.8, 4) is 0 Å². The molecule has 0 saturated heterocycles. The Morgan fingerprint density at radius 1 is 1.17 bits per heavy atom. The van der Waals surface area contributed by atoms with E-state index in [2.05, 4.69) is 47.1 Å². The Kier molecular flexibility index (Phi) is 4.44. The van der Waals surface area contributed by atoms with Gasteiger partial charge in [0.2, 0.25) is 0 Å².